The zero-order valence-electron chi connectivity index (χ0n) is 11.6. The number of aromatic nitrogens is 1. The second kappa shape index (κ2) is 4.27. The molecule has 1 amide bonds. The van der Waals surface area contributed by atoms with E-state index in [0.717, 1.165) is 5.69 Å². The number of nitriles is 1. The lowest BCUT2D eigenvalue weighted by atomic mass is 9.87. The highest BCUT2D eigenvalue weighted by molar-refractivity contribution is 8.01. The summed E-state index contributed by atoms with van der Waals surface area (Å²) in [4.78, 5) is 14.0. The third-order valence-corrected chi connectivity index (χ3v) is 5.82. The second-order valence-corrected chi connectivity index (χ2v) is 7.67. The van der Waals surface area contributed by atoms with Gasteiger partial charge in [0.1, 0.15) is 12.1 Å². The number of rotatable bonds is 2. The Kier molecular flexibility index (Phi) is 2.89. The lowest BCUT2D eigenvalue weighted by molar-refractivity contribution is -0.159. The Morgan fingerprint density at radius 1 is 1.55 bits per heavy atom. The summed E-state index contributed by atoms with van der Waals surface area (Å²) in [7, 11) is 1.85. The molecule has 20 heavy (non-hydrogen) atoms. The van der Waals surface area contributed by atoms with E-state index in [-0.39, 0.29) is 16.0 Å². The third kappa shape index (κ3) is 1.63. The summed E-state index contributed by atoms with van der Waals surface area (Å²) in [5, 5.41) is 19.7. The summed E-state index contributed by atoms with van der Waals surface area (Å²) in [6.07, 6.45) is 1.04. The van der Waals surface area contributed by atoms with E-state index in [1.165, 1.54) is 0 Å². The lowest BCUT2D eigenvalue weighted by Crippen LogP contribution is -2.61. The number of hydrogen-bond acceptors (Lipinski definition) is 4. The van der Waals surface area contributed by atoms with Gasteiger partial charge in [0.2, 0.25) is 5.91 Å². The van der Waals surface area contributed by atoms with E-state index in [1.807, 2.05) is 43.8 Å². The van der Waals surface area contributed by atoms with Crippen molar-refractivity contribution in [1.82, 2.24) is 9.47 Å². The number of amides is 1. The van der Waals surface area contributed by atoms with Crippen LogP contribution in [-0.2, 0) is 11.8 Å². The minimum atomic E-state index is -0.815. The number of nitrogens with zero attached hydrogens (tertiary/aromatic N) is 3. The van der Waals surface area contributed by atoms with Crippen molar-refractivity contribution in [2.45, 2.75) is 36.1 Å². The standard InChI is InChI=1S/C14H17N3O2S/c1-14(2)9(7-15)17-12(19)10(13(17)20-14)11(18)8-5-4-6-16(8)3/h4-6,9-11,13,18H,1-3H3/t9-,10+,11?,13+/m0/s1. The maximum Gasteiger partial charge on any atom is 0.233 e. The molecule has 0 spiro atoms. The maximum atomic E-state index is 12.3. The fraction of sp³-hybridized carbons (Fsp3) is 0.571. The molecular weight excluding hydrogens is 274 g/mol. The average molecular weight is 291 g/mol. The molecule has 0 radical (unpaired) electrons. The van der Waals surface area contributed by atoms with Crippen molar-refractivity contribution in [3.8, 4) is 6.07 Å². The van der Waals surface area contributed by atoms with Gasteiger partial charge in [-0.3, -0.25) is 4.79 Å². The molecule has 1 N–H and O–H groups in total. The molecule has 0 aromatic carbocycles. The normalized spacial score (nSPS) is 32.5. The Morgan fingerprint density at radius 3 is 2.80 bits per heavy atom. The first-order valence-electron chi connectivity index (χ1n) is 6.57. The van der Waals surface area contributed by atoms with Crippen LogP contribution < -0.4 is 0 Å². The molecular formula is C14H17N3O2S. The molecule has 2 fully saturated rings. The van der Waals surface area contributed by atoms with Gasteiger partial charge in [0.25, 0.3) is 0 Å². The van der Waals surface area contributed by atoms with Crippen LogP contribution in [0.15, 0.2) is 18.3 Å². The third-order valence-electron chi connectivity index (χ3n) is 4.23. The smallest absolute Gasteiger partial charge is 0.233 e. The van der Waals surface area contributed by atoms with Gasteiger partial charge < -0.3 is 14.6 Å². The Balaban J connectivity index is 1.88. The second-order valence-electron chi connectivity index (χ2n) is 5.90. The minimum absolute atomic E-state index is 0.105. The number of hydrogen-bond donors (Lipinski definition) is 1. The van der Waals surface area contributed by atoms with Crippen LogP contribution >= 0.6 is 11.8 Å². The van der Waals surface area contributed by atoms with Crippen LogP contribution in [0.3, 0.4) is 0 Å². The summed E-state index contributed by atoms with van der Waals surface area (Å²) in [6, 6.07) is 5.48. The van der Waals surface area contributed by atoms with Gasteiger partial charge in [-0.15, -0.1) is 11.8 Å². The van der Waals surface area contributed by atoms with E-state index in [9.17, 15) is 15.2 Å². The molecule has 0 bridgehead atoms. The predicted molar refractivity (Wildman–Crippen MR) is 75.6 cm³/mol. The molecule has 106 valence electrons. The molecule has 6 heteroatoms. The predicted octanol–water partition coefficient (Wildman–Crippen LogP) is 1.26. The first-order chi connectivity index (χ1) is 9.38. The Labute approximate surface area is 122 Å². The average Bonchev–Trinajstić information content (AvgIpc) is 2.89. The quantitative estimate of drug-likeness (QED) is 0.833. The first-order valence-corrected chi connectivity index (χ1v) is 7.45. The van der Waals surface area contributed by atoms with E-state index in [1.54, 1.807) is 16.7 Å². The fourth-order valence-corrected chi connectivity index (χ4v) is 4.77. The molecule has 1 aromatic rings. The van der Waals surface area contributed by atoms with Gasteiger partial charge in [0.15, 0.2) is 0 Å². The van der Waals surface area contributed by atoms with E-state index < -0.39 is 18.1 Å². The molecule has 1 aromatic heterocycles. The summed E-state index contributed by atoms with van der Waals surface area (Å²) in [5.74, 6) is -0.570. The number of aliphatic hydroxyl groups is 1. The largest absolute Gasteiger partial charge is 0.386 e. The molecule has 0 aliphatic carbocycles. The number of aliphatic hydroxyl groups excluding tert-OH is 1. The summed E-state index contributed by atoms with van der Waals surface area (Å²) in [6.45, 7) is 3.95. The van der Waals surface area contributed by atoms with Gasteiger partial charge >= 0.3 is 0 Å². The SMILES string of the molecule is Cn1cccc1C(O)[C@@H]1C(=O)N2[C@@H]1SC(C)(C)[C@@H]2C#N. The van der Waals surface area contributed by atoms with Crippen LogP contribution in [0.25, 0.3) is 0 Å². The Morgan fingerprint density at radius 2 is 2.25 bits per heavy atom. The van der Waals surface area contributed by atoms with Crippen LogP contribution in [0.1, 0.15) is 25.6 Å². The van der Waals surface area contributed by atoms with Gasteiger partial charge in [-0.1, -0.05) is 0 Å². The van der Waals surface area contributed by atoms with Crippen LogP contribution in [-0.4, -0.2) is 36.6 Å². The highest BCUT2D eigenvalue weighted by Crippen LogP contribution is 2.55. The van der Waals surface area contributed by atoms with Crippen molar-refractivity contribution in [3.63, 3.8) is 0 Å². The zero-order valence-corrected chi connectivity index (χ0v) is 12.5. The van der Waals surface area contributed by atoms with E-state index in [4.69, 9.17) is 0 Å². The van der Waals surface area contributed by atoms with Crippen LogP contribution in [0.5, 0.6) is 0 Å². The fourth-order valence-electron chi connectivity index (χ4n) is 3.10. The molecule has 5 nitrogen and oxygen atoms in total. The van der Waals surface area contributed by atoms with Gasteiger partial charge in [-0.2, -0.15) is 5.26 Å². The summed E-state index contributed by atoms with van der Waals surface area (Å²) >= 11 is 1.61. The van der Waals surface area contributed by atoms with Gasteiger partial charge in [-0.25, -0.2) is 0 Å². The zero-order chi connectivity index (χ0) is 14.7. The Hall–Kier alpha value is -1.45. The van der Waals surface area contributed by atoms with Crippen LogP contribution in [0.2, 0.25) is 0 Å². The van der Waals surface area contributed by atoms with Gasteiger partial charge in [0.05, 0.1) is 17.4 Å². The van der Waals surface area contributed by atoms with Crippen molar-refractivity contribution in [2.75, 3.05) is 0 Å². The molecule has 3 heterocycles. The number of aryl methyl sites for hydroxylation is 1. The number of fused-ring (bicyclic) bond motifs is 1. The highest BCUT2D eigenvalue weighted by Gasteiger charge is 2.63. The molecule has 2 aliphatic rings. The first kappa shape index (κ1) is 13.5. The van der Waals surface area contributed by atoms with Crippen molar-refractivity contribution in [2.24, 2.45) is 13.0 Å². The number of carbonyl (C=O) groups excluding carboxylic acids is 1. The van der Waals surface area contributed by atoms with Crippen molar-refractivity contribution in [1.29, 1.82) is 5.26 Å². The monoisotopic (exact) mass is 291 g/mol. The maximum absolute atomic E-state index is 12.3. The minimum Gasteiger partial charge on any atom is -0.386 e. The summed E-state index contributed by atoms with van der Waals surface area (Å²) < 4.78 is 1.53. The number of thioether (sulfide) groups is 1. The lowest BCUT2D eigenvalue weighted by Gasteiger charge is -2.45. The molecule has 3 rings (SSSR count). The molecule has 4 atom stereocenters. The molecule has 1 unspecified atom stereocenters. The molecule has 2 saturated heterocycles. The van der Waals surface area contributed by atoms with E-state index in [2.05, 4.69) is 6.07 Å². The molecule has 0 saturated carbocycles. The van der Waals surface area contributed by atoms with E-state index >= 15 is 0 Å². The highest BCUT2D eigenvalue weighted by atomic mass is 32.2. The van der Waals surface area contributed by atoms with E-state index in [0.29, 0.717) is 0 Å². The van der Waals surface area contributed by atoms with Gasteiger partial charge in [-0.05, 0) is 26.0 Å². The van der Waals surface area contributed by atoms with Crippen LogP contribution in [0, 0.1) is 17.2 Å². The number of carbonyl (C=O) groups is 1. The molecule has 2 aliphatic heterocycles. The van der Waals surface area contributed by atoms with Crippen LogP contribution in [0.4, 0.5) is 0 Å². The van der Waals surface area contributed by atoms with Crippen molar-refractivity contribution < 1.29 is 9.90 Å². The summed E-state index contributed by atoms with van der Waals surface area (Å²) in [5.41, 5.74) is 0.738. The topological polar surface area (TPSA) is 69.3 Å². The van der Waals surface area contributed by atoms with Crippen molar-refractivity contribution in [3.05, 3.63) is 24.0 Å². The van der Waals surface area contributed by atoms with Crippen molar-refractivity contribution >= 4 is 17.7 Å². The number of β-lactam (4-membered cyclic amide) rings is 1. The van der Waals surface area contributed by atoms with Gasteiger partial charge in [0, 0.05) is 23.7 Å². The Bertz CT molecular complexity index is 604.